The maximum atomic E-state index is 10.9. The van der Waals surface area contributed by atoms with E-state index in [4.69, 9.17) is 16.7 Å². The Kier molecular flexibility index (Phi) is 4.33. The standard InChI is InChI=1S/C20H15ClN4O2/c1-2-17-19(14-3-7-15(21)8-4-14)20-22-12-11-18(24(20)23-17)13-5-9-16(10-6-13)25(26)27/h3-12H,2H2,1H3. The number of fused-ring (bicyclic) bond motifs is 1. The molecule has 0 unspecified atom stereocenters. The number of benzene rings is 2. The van der Waals surface area contributed by atoms with Crippen LogP contribution in [0.5, 0.6) is 0 Å². The van der Waals surface area contributed by atoms with Crippen LogP contribution in [0.4, 0.5) is 5.69 Å². The first-order valence-electron chi connectivity index (χ1n) is 8.46. The molecule has 0 saturated carbocycles. The van der Waals surface area contributed by atoms with E-state index >= 15 is 0 Å². The molecule has 0 atom stereocenters. The first-order valence-corrected chi connectivity index (χ1v) is 8.83. The topological polar surface area (TPSA) is 73.3 Å². The quantitative estimate of drug-likeness (QED) is 0.362. The van der Waals surface area contributed by atoms with E-state index in [9.17, 15) is 10.1 Å². The van der Waals surface area contributed by atoms with Crippen LogP contribution < -0.4 is 0 Å². The number of aryl methyl sites for hydroxylation is 1. The number of halogens is 1. The van der Waals surface area contributed by atoms with Crippen LogP contribution >= 0.6 is 11.6 Å². The minimum Gasteiger partial charge on any atom is -0.258 e. The van der Waals surface area contributed by atoms with Crippen LogP contribution in [0.15, 0.2) is 60.8 Å². The fraction of sp³-hybridized carbons (Fsp3) is 0.100. The molecular weight excluding hydrogens is 364 g/mol. The maximum absolute atomic E-state index is 10.9. The minimum atomic E-state index is -0.409. The molecule has 2 aromatic heterocycles. The SMILES string of the molecule is CCc1nn2c(-c3ccc([N+](=O)[O-])cc3)ccnc2c1-c1ccc(Cl)cc1. The summed E-state index contributed by atoms with van der Waals surface area (Å²) in [5.74, 6) is 0. The summed E-state index contributed by atoms with van der Waals surface area (Å²) < 4.78 is 1.80. The van der Waals surface area contributed by atoms with Crippen LogP contribution in [0.1, 0.15) is 12.6 Å². The summed E-state index contributed by atoms with van der Waals surface area (Å²) in [5, 5.41) is 16.3. The molecule has 0 radical (unpaired) electrons. The Hall–Kier alpha value is -3.25. The Morgan fingerprint density at radius 1 is 1.04 bits per heavy atom. The zero-order chi connectivity index (χ0) is 19.0. The van der Waals surface area contributed by atoms with Crippen LogP contribution in [-0.4, -0.2) is 19.5 Å². The number of nitrogens with zero attached hydrogens (tertiary/aromatic N) is 4. The number of nitro groups is 1. The normalized spacial score (nSPS) is 11.0. The molecule has 0 aliphatic carbocycles. The van der Waals surface area contributed by atoms with Crippen molar-refractivity contribution in [3.63, 3.8) is 0 Å². The molecule has 0 N–H and O–H groups in total. The van der Waals surface area contributed by atoms with Crippen molar-refractivity contribution in [1.82, 2.24) is 14.6 Å². The fourth-order valence-corrected chi connectivity index (χ4v) is 3.25. The summed E-state index contributed by atoms with van der Waals surface area (Å²) in [6, 6.07) is 15.9. The lowest BCUT2D eigenvalue weighted by Gasteiger charge is -2.05. The molecule has 4 rings (SSSR count). The molecule has 4 aromatic rings. The highest BCUT2D eigenvalue weighted by Gasteiger charge is 2.17. The number of rotatable bonds is 4. The van der Waals surface area contributed by atoms with Gasteiger partial charge in [-0.3, -0.25) is 10.1 Å². The first-order chi connectivity index (χ1) is 13.1. The Morgan fingerprint density at radius 2 is 1.70 bits per heavy atom. The maximum Gasteiger partial charge on any atom is 0.269 e. The van der Waals surface area contributed by atoms with Gasteiger partial charge in [-0.2, -0.15) is 5.10 Å². The zero-order valence-electron chi connectivity index (χ0n) is 14.5. The summed E-state index contributed by atoms with van der Waals surface area (Å²) in [7, 11) is 0. The van der Waals surface area contributed by atoms with Gasteiger partial charge >= 0.3 is 0 Å². The van der Waals surface area contributed by atoms with Gasteiger partial charge in [0.1, 0.15) is 0 Å². The Bertz CT molecular complexity index is 1140. The van der Waals surface area contributed by atoms with E-state index in [1.165, 1.54) is 12.1 Å². The Morgan fingerprint density at radius 3 is 2.33 bits per heavy atom. The van der Waals surface area contributed by atoms with E-state index < -0.39 is 4.92 Å². The van der Waals surface area contributed by atoms with Crippen LogP contribution in [0.25, 0.3) is 28.0 Å². The lowest BCUT2D eigenvalue weighted by atomic mass is 10.0. The lowest BCUT2D eigenvalue weighted by molar-refractivity contribution is -0.384. The molecule has 0 fully saturated rings. The van der Waals surface area contributed by atoms with E-state index in [-0.39, 0.29) is 5.69 Å². The smallest absolute Gasteiger partial charge is 0.258 e. The number of hydrogen-bond acceptors (Lipinski definition) is 4. The third kappa shape index (κ3) is 3.04. The largest absolute Gasteiger partial charge is 0.269 e. The fourth-order valence-electron chi connectivity index (χ4n) is 3.12. The van der Waals surface area contributed by atoms with Gasteiger partial charge in [0, 0.05) is 34.5 Å². The lowest BCUT2D eigenvalue weighted by Crippen LogP contribution is -1.96. The van der Waals surface area contributed by atoms with Gasteiger partial charge < -0.3 is 0 Å². The minimum absolute atomic E-state index is 0.0561. The molecule has 0 saturated heterocycles. The van der Waals surface area contributed by atoms with Crippen LogP contribution in [0.2, 0.25) is 5.02 Å². The molecule has 27 heavy (non-hydrogen) atoms. The molecule has 0 aliphatic rings. The molecule has 7 heteroatoms. The Labute approximate surface area is 160 Å². The van der Waals surface area contributed by atoms with E-state index in [2.05, 4.69) is 4.98 Å². The van der Waals surface area contributed by atoms with Crippen molar-refractivity contribution in [3.8, 4) is 22.4 Å². The van der Waals surface area contributed by atoms with E-state index in [1.807, 2.05) is 37.3 Å². The zero-order valence-corrected chi connectivity index (χ0v) is 15.2. The van der Waals surface area contributed by atoms with Gasteiger partial charge in [0.05, 0.1) is 16.3 Å². The van der Waals surface area contributed by atoms with Crippen LogP contribution in [-0.2, 0) is 6.42 Å². The Balaban J connectivity index is 1.92. The van der Waals surface area contributed by atoms with E-state index in [0.717, 1.165) is 40.1 Å². The van der Waals surface area contributed by atoms with Crippen LogP contribution in [0.3, 0.4) is 0 Å². The average molecular weight is 379 g/mol. The molecule has 0 spiro atoms. The van der Waals surface area contributed by atoms with Crippen molar-refractivity contribution in [2.45, 2.75) is 13.3 Å². The van der Waals surface area contributed by atoms with Crippen molar-refractivity contribution in [2.24, 2.45) is 0 Å². The third-order valence-electron chi connectivity index (χ3n) is 4.43. The van der Waals surface area contributed by atoms with E-state index in [0.29, 0.717) is 5.02 Å². The summed E-state index contributed by atoms with van der Waals surface area (Å²) in [6.45, 7) is 2.05. The molecule has 6 nitrogen and oxygen atoms in total. The van der Waals surface area contributed by atoms with Crippen molar-refractivity contribution in [2.75, 3.05) is 0 Å². The molecular formula is C20H15ClN4O2. The molecule has 134 valence electrons. The van der Waals surface area contributed by atoms with Crippen molar-refractivity contribution >= 4 is 22.9 Å². The monoisotopic (exact) mass is 378 g/mol. The third-order valence-corrected chi connectivity index (χ3v) is 4.68. The molecule has 0 bridgehead atoms. The summed E-state index contributed by atoms with van der Waals surface area (Å²) in [6.07, 6.45) is 2.48. The highest BCUT2D eigenvalue weighted by atomic mass is 35.5. The average Bonchev–Trinajstić information content (AvgIpc) is 3.07. The molecule has 0 aliphatic heterocycles. The number of nitro benzene ring substituents is 1. The summed E-state index contributed by atoms with van der Waals surface area (Å²) in [4.78, 5) is 15.0. The number of aromatic nitrogens is 3. The molecule has 2 heterocycles. The number of non-ortho nitro benzene ring substituents is 1. The van der Waals surface area contributed by atoms with Gasteiger partial charge in [0.25, 0.3) is 5.69 Å². The van der Waals surface area contributed by atoms with Gasteiger partial charge in [0.15, 0.2) is 5.65 Å². The highest BCUT2D eigenvalue weighted by Crippen LogP contribution is 2.31. The summed E-state index contributed by atoms with van der Waals surface area (Å²) in [5.41, 5.74) is 5.35. The predicted octanol–water partition coefficient (Wildman–Crippen LogP) is 5.19. The second-order valence-electron chi connectivity index (χ2n) is 6.05. The van der Waals surface area contributed by atoms with Gasteiger partial charge in [0.2, 0.25) is 0 Å². The van der Waals surface area contributed by atoms with Gasteiger partial charge in [-0.05, 0) is 42.3 Å². The van der Waals surface area contributed by atoms with Crippen molar-refractivity contribution < 1.29 is 4.92 Å². The second kappa shape index (κ2) is 6.81. The van der Waals surface area contributed by atoms with Crippen LogP contribution in [0, 0.1) is 10.1 Å². The van der Waals surface area contributed by atoms with Gasteiger partial charge in [-0.15, -0.1) is 0 Å². The predicted molar refractivity (Wildman–Crippen MR) is 105 cm³/mol. The number of hydrogen-bond donors (Lipinski definition) is 0. The second-order valence-corrected chi connectivity index (χ2v) is 6.49. The van der Waals surface area contributed by atoms with E-state index in [1.54, 1.807) is 22.8 Å². The molecule has 2 aromatic carbocycles. The van der Waals surface area contributed by atoms with Crippen molar-refractivity contribution in [3.05, 3.63) is 81.6 Å². The summed E-state index contributed by atoms with van der Waals surface area (Å²) >= 11 is 6.02. The van der Waals surface area contributed by atoms with Crippen molar-refractivity contribution in [1.29, 1.82) is 0 Å². The molecule has 0 amide bonds. The first kappa shape index (κ1) is 17.2. The van der Waals surface area contributed by atoms with Gasteiger partial charge in [-0.1, -0.05) is 30.7 Å². The van der Waals surface area contributed by atoms with Gasteiger partial charge in [-0.25, -0.2) is 9.50 Å². The highest BCUT2D eigenvalue weighted by molar-refractivity contribution is 6.30.